The first kappa shape index (κ1) is 28.1. The van der Waals surface area contributed by atoms with Crippen LogP contribution in [0.15, 0.2) is 24.3 Å². The number of hydrogen-bond acceptors (Lipinski definition) is 7. The van der Waals surface area contributed by atoms with Crippen LogP contribution in [0.25, 0.3) is 0 Å². The minimum absolute atomic E-state index is 0. The van der Waals surface area contributed by atoms with Crippen LogP contribution >= 0.6 is 12.4 Å². The molecule has 1 N–H and O–H groups in total. The van der Waals surface area contributed by atoms with E-state index in [2.05, 4.69) is 29.6 Å². The van der Waals surface area contributed by atoms with Crippen LogP contribution in [-0.4, -0.2) is 68.2 Å². The number of nitrogens with one attached hydrogen (secondary N) is 1. The van der Waals surface area contributed by atoms with Gasteiger partial charge in [0.2, 0.25) is 6.29 Å². The lowest BCUT2D eigenvalue weighted by molar-refractivity contribution is -0.174. The highest BCUT2D eigenvalue weighted by Crippen LogP contribution is 2.33. The first-order chi connectivity index (χ1) is 17.0. The summed E-state index contributed by atoms with van der Waals surface area (Å²) in [6.45, 7) is 6.86. The molecule has 0 aromatic heterocycles. The molecule has 1 unspecified atom stereocenters. The van der Waals surface area contributed by atoms with Crippen molar-refractivity contribution >= 4 is 36.3 Å². The summed E-state index contributed by atoms with van der Waals surface area (Å²) in [6, 6.07) is 8.66. The van der Waals surface area contributed by atoms with E-state index in [1.165, 1.54) is 12.5 Å². The molecule has 1 aromatic rings. The van der Waals surface area contributed by atoms with Crippen molar-refractivity contribution in [2.24, 2.45) is 5.92 Å². The maximum atomic E-state index is 13.2. The van der Waals surface area contributed by atoms with Crippen LogP contribution in [0.3, 0.4) is 0 Å². The Morgan fingerprint density at radius 1 is 1.00 bits per heavy atom. The Balaban J connectivity index is 0.00000361. The molecule has 200 valence electrons. The van der Waals surface area contributed by atoms with Crippen LogP contribution in [-0.2, 0) is 19.0 Å². The van der Waals surface area contributed by atoms with Gasteiger partial charge in [-0.05, 0) is 82.2 Å². The molecule has 3 aliphatic rings. The smallest absolute Gasteiger partial charge is 0.435 e. The fourth-order valence-corrected chi connectivity index (χ4v) is 5.41. The highest BCUT2D eigenvalue weighted by atomic mass is 35.5. The first-order valence-electron chi connectivity index (χ1n) is 12.9. The quantitative estimate of drug-likeness (QED) is 0.417. The fourth-order valence-electron chi connectivity index (χ4n) is 5.41. The predicted molar refractivity (Wildman–Crippen MR) is 137 cm³/mol. The Morgan fingerprint density at radius 2 is 1.67 bits per heavy atom. The molecule has 1 saturated carbocycles. The number of nitrogens with zero attached hydrogens (tertiary/aromatic N) is 2. The van der Waals surface area contributed by atoms with Crippen LogP contribution in [0.4, 0.5) is 15.3 Å². The van der Waals surface area contributed by atoms with E-state index in [-0.39, 0.29) is 43.0 Å². The molecule has 0 radical (unpaired) electrons. The van der Waals surface area contributed by atoms with E-state index in [0.29, 0.717) is 31.8 Å². The summed E-state index contributed by atoms with van der Waals surface area (Å²) >= 11 is 0. The monoisotopic (exact) mass is 523 g/mol. The van der Waals surface area contributed by atoms with Gasteiger partial charge in [0, 0.05) is 31.7 Å². The average molecular weight is 524 g/mol. The van der Waals surface area contributed by atoms with Gasteiger partial charge in [-0.2, -0.15) is 0 Å². The summed E-state index contributed by atoms with van der Waals surface area (Å²) in [5.74, 6) is -0.0306. The number of benzene rings is 1. The Morgan fingerprint density at radius 3 is 2.31 bits per heavy atom. The number of carbonyl (C=O) groups is 3. The highest BCUT2D eigenvalue weighted by molar-refractivity contribution is 5.94. The zero-order chi connectivity index (χ0) is 24.8. The number of amides is 2. The van der Waals surface area contributed by atoms with Crippen LogP contribution < -0.4 is 10.2 Å². The second kappa shape index (κ2) is 13.1. The molecule has 2 saturated heterocycles. The Hall–Kier alpha value is -2.52. The van der Waals surface area contributed by atoms with E-state index < -0.39 is 12.4 Å². The minimum atomic E-state index is -0.992. The van der Waals surface area contributed by atoms with Gasteiger partial charge in [-0.25, -0.2) is 9.59 Å². The third-order valence-corrected chi connectivity index (χ3v) is 7.33. The molecule has 36 heavy (non-hydrogen) atoms. The maximum absolute atomic E-state index is 13.2. The standard InChI is InChI=1S/C26H37N3O6.ClH/c1-3-33-26(32)35-18(2)34-24(30)21-6-10-23(11-7-21)29-17-16-28(25(29)31)22-8-4-19(5-9-22)20-12-14-27-15-13-20;/h4-5,8-9,18,20-21,23,27H,3,6-7,10-17H2,1-2H3;1H. The number of ether oxygens (including phenoxy) is 3. The van der Waals surface area contributed by atoms with Crippen molar-refractivity contribution < 1.29 is 28.6 Å². The van der Waals surface area contributed by atoms with Gasteiger partial charge in [-0.3, -0.25) is 9.69 Å². The van der Waals surface area contributed by atoms with Gasteiger partial charge in [0.25, 0.3) is 0 Å². The molecule has 1 aromatic carbocycles. The number of rotatable bonds is 7. The molecule has 9 nitrogen and oxygen atoms in total. The topological polar surface area (TPSA) is 97.4 Å². The minimum Gasteiger partial charge on any atom is -0.435 e. The first-order valence-corrected chi connectivity index (χ1v) is 12.9. The SMILES string of the molecule is CCOC(=O)OC(C)OC(=O)C1CCC(N2CCN(c3ccc(C4CCNCC4)cc3)C2=O)CC1.Cl. The molecule has 3 fully saturated rings. The van der Waals surface area contributed by atoms with E-state index in [4.69, 9.17) is 14.2 Å². The van der Waals surface area contributed by atoms with E-state index in [0.717, 1.165) is 44.5 Å². The molecule has 0 bridgehead atoms. The van der Waals surface area contributed by atoms with Crippen LogP contribution in [0, 0.1) is 5.92 Å². The van der Waals surface area contributed by atoms with Crippen LogP contribution in [0.1, 0.15) is 63.9 Å². The number of halogens is 1. The van der Waals surface area contributed by atoms with E-state index in [1.807, 2.05) is 9.80 Å². The van der Waals surface area contributed by atoms with Gasteiger partial charge < -0.3 is 24.4 Å². The number of anilines is 1. The zero-order valence-corrected chi connectivity index (χ0v) is 22.0. The highest BCUT2D eigenvalue weighted by Gasteiger charge is 2.38. The number of esters is 1. The second-order valence-corrected chi connectivity index (χ2v) is 9.55. The number of urea groups is 1. The summed E-state index contributed by atoms with van der Waals surface area (Å²) in [7, 11) is 0. The van der Waals surface area contributed by atoms with Crippen LogP contribution in [0.2, 0.25) is 0 Å². The molecule has 1 atom stereocenters. The summed E-state index contributed by atoms with van der Waals surface area (Å²) in [4.78, 5) is 40.9. The van der Waals surface area contributed by atoms with E-state index in [9.17, 15) is 14.4 Å². The average Bonchev–Trinajstić information content (AvgIpc) is 3.26. The van der Waals surface area contributed by atoms with Crippen LogP contribution in [0.5, 0.6) is 0 Å². The molecule has 2 heterocycles. The normalized spacial score (nSPS) is 23.6. The van der Waals surface area contributed by atoms with Gasteiger partial charge in [0.1, 0.15) is 0 Å². The molecule has 4 rings (SSSR count). The zero-order valence-electron chi connectivity index (χ0n) is 21.1. The second-order valence-electron chi connectivity index (χ2n) is 9.55. The molecule has 2 aliphatic heterocycles. The summed E-state index contributed by atoms with van der Waals surface area (Å²) in [6.07, 6.45) is 3.26. The summed E-state index contributed by atoms with van der Waals surface area (Å²) in [5.41, 5.74) is 2.30. The fraction of sp³-hybridized carbons (Fsp3) is 0.654. The third-order valence-electron chi connectivity index (χ3n) is 7.33. The molecule has 0 spiro atoms. The van der Waals surface area contributed by atoms with E-state index in [1.54, 1.807) is 6.92 Å². The molecular weight excluding hydrogens is 486 g/mol. The Bertz CT molecular complexity index is 884. The largest absolute Gasteiger partial charge is 0.511 e. The van der Waals surface area contributed by atoms with Gasteiger partial charge >= 0.3 is 18.2 Å². The van der Waals surface area contributed by atoms with Crippen molar-refractivity contribution in [1.29, 1.82) is 0 Å². The van der Waals surface area contributed by atoms with Crippen molar-refractivity contribution in [1.82, 2.24) is 10.2 Å². The summed E-state index contributed by atoms with van der Waals surface area (Å²) < 4.78 is 14.9. The third kappa shape index (κ3) is 6.82. The molecule has 10 heteroatoms. The van der Waals surface area contributed by atoms with Gasteiger partial charge in [-0.1, -0.05) is 12.1 Å². The van der Waals surface area contributed by atoms with E-state index >= 15 is 0 Å². The predicted octanol–water partition coefficient (Wildman–Crippen LogP) is 4.44. The summed E-state index contributed by atoms with van der Waals surface area (Å²) in [5, 5.41) is 3.40. The van der Waals surface area contributed by atoms with Gasteiger partial charge in [0.05, 0.1) is 12.5 Å². The van der Waals surface area contributed by atoms with Crippen molar-refractivity contribution in [2.75, 3.05) is 37.7 Å². The number of hydrogen-bond donors (Lipinski definition) is 1. The van der Waals surface area contributed by atoms with Crippen molar-refractivity contribution in [3.05, 3.63) is 29.8 Å². The Labute approximate surface area is 219 Å². The number of carbonyl (C=O) groups excluding carboxylic acids is 3. The lowest BCUT2D eigenvalue weighted by Gasteiger charge is -2.33. The number of piperidine rings is 1. The lowest BCUT2D eigenvalue weighted by atomic mass is 9.85. The van der Waals surface area contributed by atoms with Crippen molar-refractivity contribution in [2.45, 2.75) is 70.6 Å². The van der Waals surface area contributed by atoms with Crippen molar-refractivity contribution in [3.8, 4) is 0 Å². The molecule has 1 aliphatic carbocycles. The van der Waals surface area contributed by atoms with Crippen molar-refractivity contribution in [3.63, 3.8) is 0 Å². The maximum Gasteiger partial charge on any atom is 0.511 e. The molecular formula is C26H38ClN3O6. The Kier molecular flexibility index (Phi) is 10.2. The van der Waals surface area contributed by atoms with Gasteiger partial charge in [-0.15, -0.1) is 12.4 Å². The molecule has 2 amide bonds. The lowest BCUT2D eigenvalue weighted by Crippen LogP contribution is -2.42. The van der Waals surface area contributed by atoms with Gasteiger partial charge in [0.15, 0.2) is 0 Å².